The molecule has 0 bridgehead atoms. The third-order valence-electron chi connectivity index (χ3n) is 2.95. The number of esters is 2. The smallest absolute Gasteiger partial charge is 0.344 e. The van der Waals surface area contributed by atoms with Gasteiger partial charge in [0.2, 0.25) is 0 Å². The Bertz CT molecular complexity index is 690. The molecule has 0 aliphatic carbocycles. The van der Waals surface area contributed by atoms with E-state index in [1.807, 2.05) is 19.1 Å². The first-order valence-electron chi connectivity index (χ1n) is 6.57. The van der Waals surface area contributed by atoms with Gasteiger partial charge in [0.25, 0.3) is 0 Å². The summed E-state index contributed by atoms with van der Waals surface area (Å²) in [6.45, 7) is 3.37. The molecule has 1 N–H and O–H groups in total. The molecule has 2 aromatic carbocycles. The summed E-state index contributed by atoms with van der Waals surface area (Å²) in [5.41, 5.74) is 1.20. The number of hydrogen-bond acceptors (Lipinski definition) is 5. The number of benzene rings is 2. The topological polar surface area (TPSA) is 72.8 Å². The molecule has 0 spiro atoms. The van der Waals surface area contributed by atoms with Crippen molar-refractivity contribution in [2.24, 2.45) is 0 Å². The molecule has 5 nitrogen and oxygen atoms in total. The fourth-order valence-corrected chi connectivity index (χ4v) is 2.00. The molecule has 0 radical (unpaired) electrons. The van der Waals surface area contributed by atoms with Crippen molar-refractivity contribution in [2.75, 3.05) is 13.2 Å². The summed E-state index contributed by atoms with van der Waals surface area (Å²) in [4.78, 5) is 23.0. The van der Waals surface area contributed by atoms with E-state index in [4.69, 9.17) is 4.74 Å². The van der Waals surface area contributed by atoms with E-state index in [0.717, 1.165) is 10.9 Å². The fraction of sp³-hybridized carbons (Fsp3) is 0.250. The minimum atomic E-state index is -0.679. The monoisotopic (exact) mass is 288 g/mol. The second-order valence-electron chi connectivity index (χ2n) is 4.60. The van der Waals surface area contributed by atoms with Crippen molar-refractivity contribution in [2.45, 2.75) is 13.8 Å². The molecule has 5 heteroatoms. The van der Waals surface area contributed by atoms with E-state index in [9.17, 15) is 14.7 Å². The lowest BCUT2D eigenvalue weighted by atomic mass is 10.0. The van der Waals surface area contributed by atoms with Gasteiger partial charge in [0, 0.05) is 5.39 Å². The zero-order valence-electron chi connectivity index (χ0n) is 11.9. The predicted octanol–water partition coefficient (Wildman–Crippen LogP) is 2.57. The van der Waals surface area contributed by atoms with Crippen LogP contribution in [0.2, 0.25) is 0 Å². The van der Waals surface area contributed by atoms with Gasteiger partial charge in [-0.1, -0.05) is 23.8 Å². The largest absolute Gasteiger partial charge is 0.507 e. The first kappa shape index (κ1) is 14.8. The van der Waals surface area contributed by atoms with Gasteiger partial charge in [-0.3, -0.25) is 0 Å². The van der Waals surface area contributed by atoms with Crippen molar-refractivity contribution in [3.8, 4) is 5.75 Å². The van der Waals surface area contributed by atoms with Crippen LogP contribution in [0.25, 0.3) is 10.8 Å². The van der Waals surface area contributed by atoms with E-state index < -0.39 is 18.5 Å². The SMILES string of the molecule is CCOC(=O)COC(=O)c1cc(O)c2ccc(C)cc2c1. The Kier molecular flexibility index (Phi) is 4.42. The highest BCUT2D eigenvalue weighted by Crippen LogP contribution is 2.27. The number of aryl methyl sites for hydroxylation is 1. The summed E-state index contributed by atoms with van der Waals surface area (Å²) >= 11 is 0. The number of carbonyl (C=O) groups is 2. The molecule has 0 heterocycles. The summed E-state index contributed by atoms with van der Waals surface area (Å²) in [5, 5.41) is 11.3. The van der Waals surface area contributed by atoms with Crippen LogP contribution in [0, 0.1) is 6.92 Å². The van der Waals surface area contributed by atoms with E-state index in [2.05, 4.69) is 4.74 Å². The molecule has 0 aliphatic rings. The first-order valence-corrected chi connectivity index (χ1v) is 6.57. The molecular formula is C16H16O5. The summed E-state index contributed by atoms with van der Waals surface area (Å²) < 4.78 is 9.52. The van der Waals surface area contributed by atoms with Gasteiger partial charge >= 0.3 is 11.9 Å². The van der Waals surface area contributed by atoms with Gasteiger partial charge in [0.1, 0.15) is 5.75 Å². The molecule has 0 saturated carbocycles. The van der Waals surface area contributed by atoms with Crippen LogP contribution in [0.15, 0.2) is 30.3 Å². The van der Waals surface area contributed by atoms with Crippen molar-refractivity contribution in [3.05, 3.63) is 41.5 Å². The van der Waals surface area contributed by atoms with Gasteiger partial charge in [-0.05, 0) is 31.4 Å². The molecule has 0 atom stereocenters. The maximum absolute atomic E-state index is 11.9. The maximum Gasteiger partial charge on any atom is 0.344 e. The second-order valence-corrected chi connectivity index (χ2v) is 4.60. The van der Waals surface area contributed by atoms with E-state index >= 15 is 0 Å². The second kappa shape index (κ2) is 6.26. The van der Waals surface area contributed by atoms with Crippen LogP contribution in [-0.4, -0.2) is 30.3 Å². The fourth-order valence-electron chi connectivity index (χ4n) is 2.00. The van der Waals surface area contributed by atoms with Crippen LogP contribution in [0.1, 0.15) is 22.8 Å². The molecule has 0 fully saturated rings. The first-order chi connectivity index (χ1) is 10.0. The Morgan fingerprint density at radius 3 is 2.62 bits per heavy atom. The Morgan fingerprint density at radius 1 is 1.14 bits per heavy atom. The van der Waals surface area contributed by atoms with Gasteiger partial charge in [-0.25, -0.2) is 9.59 Å². The Morgan fingerprint density at radius 2 is 1.90 bits per heavy atom. The summed E-state index contributed by atoms with van der Waals surface area (Å²) in [6.07, 6.45) is 0. The van der Waals surface area contributed by atoms with Crippen LogP contribution < -0.4 is 0 Å². The number of fused-ring (bicyclic) bond motifs is 1. The lowest BCUT2D eigenvalue weighted by Gasteiger charge is -2.07. The Balaban J connectivity index is 2.21. The number of rotatable bonds is 4. The normalized spacial score (nSPS) is 10.4. The van der Waals surface area contributed by atoms with Crippen molar-refractivity contribution in [1.29, 1.82) is 0 Å². The average molecular weight is 288 g/mol. The highest BCUT2D eigenvalue weighted by molar-refractivity contribution is 5.98. The molecule has 0 saturated heterocycles. The zero-order chi connectivity index (χ0) is 15.4. The Hall–Kier alpha value is -2.56. The lowest BCUT2D eigenvalue weighted by Crippen LogP contribution is -2.16. The molecule has 2 rings (SSSR count). The molecule has 0 aromatic heterocycles. The summed E-state index contributed by atoms with van der Waals surface area (Å²) in [5.74, 6) is -1.29. The van der Waals surface area contributed by atoms with Crippen LogP contribution >= 0.6 is 0 Å². The van der Waals surface area contributed by atoms with Gasteiger partial charge in [-0.15, -0.1) is 0 Å². The van der Waals surface area contributed by atoms with Crippen LogP contribution in [0.4, 0.5) is 0 Å². The molecule has 21 heavy (non-hydrogen) atoms. The van der Waals surface area contributed by atoms with Gasteiger partial charge < -0.3 is 14.6 Å². The zero-order valence-corrected chi connectivity index (χ0v) is 11.9. The van der Waals surface area contributed by atoms with Gasteiger partial charge in [0.05, 0.1) is 12.2 Å². The number of phenols is 1. The van der Waals surface area contributed by atoms with Crippen molar-refractivity contribution >= 4 is 22.7 Å². The highest BCUT2D eigenvalue weighted by atomic mass is 16.6. The molecule has 0 unspecified atom stereocenters. The minimum absolute atomic E-state index is 0.00409. The van der Waals surface area contributed by atoms with E-state index in [0.29, 0.717) is 5.39 Å². The molecule has 2 aromatic rings. The molecule has 110 valence electrons. The summed E-state index contributed by atoms with van der Waals surface area (Å²) in [7, 11) is 0. The van der Waals surface area contributed by atoms with Gasteiger partial charge in [-0.2, -0.15) is 0 Å². The number of hydrogen-bond donors (Lipinski definition) is 1. The quantitative estimate of drug-likeness (QED) is 0.875. The van der Waals surface area contributed by atoms with Gasteiger partial charge in [0.15, 0.2) is 6.61 Å². The number of phenolic OH excluding ortho intramolecular Hbond substituents is 1. The van der Waals surface area contributed by atoms with Crippen molar-refractivity contribution < 1.29 is 24.2 Å². The maximum atomic E-state index is 11.9. The third-order valence-corrected chi connectivity index (χ3v) is 2.95. The van der Waals surface area contributed by atoms with Crippen LogP contribution in [0.5, 0.6) is 5.75 Å². The molecule has 0 amide bonds. The number of ether oxygens (including phenoxy) is 2. The van der Waals surface area contributed by atoms with Crippen molar-refractivity contribution in [1.82, 2.24) is 0 Å². The average Bonchev–Trinajstić information content (AvgIpc) is 2.44. The van der Waals surface area contributed by atoms with Crippen molar-refractivity contribution in [3.63, 3.8) is 0 Å². The standard InChI is InChI=1S/C16H16O5/c1-3-20-15(18)9-21-16(19)12-7-11-6-10(2)4-5-13(11)14(17)8-12/h4-8,17H,3,9H2,1-2H3. The molecular weight excluding hydrogens is 272 g/mol. The summed E-state index contributed by atoms with van der Waals surface area (Å²) in [6, 6.07) is 8.46. The molecule has 0 aliphatic heterocycles. The van der Waals surface area contributed by atoms with Crippen LogP contribution in [-0.2, 0) is 14.3 Å². The third kappa shape index (κ3) is 3.51. The van der Waals surface area contributed by atoms with E-state index in [-0.39, 0.29) is 17.9 Å². The number of carbonyl (C=O) groups excluding carboxylic acids is 2. The number of aromatic hydroxyl groups is 1. The minimum Gasteiger partial charge on any atom is -0.507 e. The van der Waals surface area contributed by atoms with E-state index in [1.165, 1.54) is 6.07 Å². The lowest BCUT2D eigenvalue weighted by molar-refractivity contribution is -0.146. The Labute approximate surface area is 122 Å². The van der Waals surface area contributed by atoms with E-state index in [1.54, 1.807) is 19.1 Å². The predicted molar refractivity (Wildman–Crippen MR) is 77.3 cm³/mol. The highest BCUT2D eigenvalue weighted by Gasteiger charge is 2.13. The van der Waals surface area contributed by atoms with Crippen LogP contribution in [0.3, 0.4) is 0 Å².